The maximum Gasteiger partial charge on any atom is 0.352 e. The van der Waals surface area contributed by atoms with Gasteiger partial charge in [0.25, 0.3) is 0 Å². The number of hydrogen-bond acceptors (Lipinski definition) is 1. The van der Waals surface area contributed by atoms with E-state index in [1.165, 1.54) is 0 Å². The van der Waals surface area contributed by atoms with Crippen LogP contribution in [0.15, 0.2) is 6.07 Å². The number of H-pyrrole nitrogens is 1. The van der Waals surface area contributed by atoms with Gasteiger partial charge in [0.1, 0.15) is 5.69 Å². The van der Waals surface area contributed by atoms with E-state index in [1.807, 2.05) is 6.07 Å². The molecule has 0 spiro atoms. The summed E-state index contributed by atoms with van der Waals surface area (Å²) in [5.74, 6) is 0.0178. The van der Waals surface area contributed by atoms with E-state index in [0.29, 0.717) is 17.5 Å². The summed E-state index contributed by atoms with van der Waals surface area (Å²) >= 11 is 0. The van der Waals surface area contributed by atoms with Crippen molar-refractivity contribution in [2.75, 3.05) is 0 Å². The van der Waals surface area contributed by atoms with E-state index in [0.717, 1.165) is 24.1 Å². The minimum absolute atomic E-state index is 0.362. The van der Waals surface area contributed by atoms with Crippen LogP contribution in [0.5, 0.6) is 0 Å². The molecule has 1 aliphatic carbocycles. The third-order valence-corrected chi connectivity index (χ3v) is 2.72. The lowest BCUT2D eigenvalue weighted by molar-refractivity contribution is 0.0690. The molecule has 0 amide bonds. The van der Waals surface area contributed by atoms with Crippen molar-refractivity contribution in [3.8, 4) is 0 Å². The van der Waals surface area contributed by atoms with Crippen molar-refractivity contribution in [3.05, 3.63) is 23.0 Å². The molecule has 1 saturated carbocycles. The second-order valence-electron chi connectivity index (χ2n) is 4.29. The first-order valence-electron chi connectivity index (χ1n) is 5.05. The average Bonchev–Trinajstić information content (AvgIpc) is 2.83. The molecular weight excluding hydrogens is 178 g/mol. The van der Waals surface area contributed by atoms with Crippen LogP contribution >= 0.6 is 0 Å². The Hall–Kier alpha value is -1.25. The Morgan fingerprint density at radius 2 is 2.21 bits per heavy atom. The molecule has 2 N–H and O–H groups in total. The second kappa shape index (κ2) is 3.15. The van der Waals surface area contributed by atoms with Crippen LogP contribution in [0.1, 0.15) is 60.3 Å². The molecule has 0 unspecified atom stereocenters. The van der Waals surface area contributed by atoms with E-state index in [9.17, 15) is 4.79 Å². The number of rotatable bonds is 3. The highest BCUT2D eigenvalue weighted by Crippen LogP contribution is 2.42. The number of aromatic carboxylic acids is 1. The molecule has 0 saturated heterocycles. The van der Waals surface area contributed by atoms with Gasteiger partial charge in [-0.25, -0.2) is 4.79 Å². The fourth-order valence-corrected chi connectivity index (χ4v) is 1.70. The van der Waals surface area contributed by atoms with Gasteiger partial charge in [-0.15, -0.1) is 0 Å². The Bertz CT molecular complexity index is 361. The van der Waals surface area contributed by atoms with E-state index < -0.39 is 5.97 Å². The van der Waals surface area contributed by atoms with Gasteiger partial charge in [-0.2, -0.15) is 0 Å². The Kier molecular flexibility index (Phi) is 2.10. The number of carboxylic acids is 1. The van der Waals surface area contributed by atoms with Gasteiger partial charge < -0.3 is 10.1 Å². The SMILES string of the molecule is CC(C)c1cc(C2CC2)c(C(=O)O)[nH]1. The van der Waals surface area contributed by atoms with E-state index in [1.54, 1.807) is 0 Å². The molecule has 76 valence electrons. The van der Waals surface area contributed by atoms with Crippen LogP contribution in [0.2, 0.25) is 0 Å². The molecule has 0 bridgehead atoms. The smallest absolute Gasteiger partial charge is 0.352 e. The Morgan fingerprint density at radius 1 is 1.57 bits per heavy atom. The van der Waals surface area contributed by atoms with E-state index >= 15 is 0 Å². The summed E-state index contributed by atoms with van der Waals surface area (Å²) in [4.78, 5) is 14.0. The van der Waals surface area contributed by atoms with Gasteiger partial charge in [0.2, 0.25) is 0 Å². The van der Waals surface area contributed by atoms with Crippen LogP contribution < -0.4 is 0 Å². The molecule has 0 aliphatic heterocycles. The van der Waals surface area contributed by atoms with Gasteiger partial charge in [-0.1, -0.05) is 13.8 Å². The highest BCUT2D eigenvalue weighted by molar-refractivity contribution is 5.88. The van der Waals surface area contributed by atoms with E-state index in [-0.39, 0.29) is 0 Å². The number of aromatic amines is 1. The Labute approximate surface area is 83.1 Å². The number of carbonyl (C=O) groups is 1. The molecule has 1 aromatic rings. The molecule has 0 aromatic carbocycles. The first kappa shape index (κ1) is 9.31. The van der Waals surface area contributed by atoms with Crippen molar-refractivity contribution >= 4 is 5.97 Å². The molecule has 2 rings (SSSR count). The number of hydrogen-bond donors (Lipinski definition) is 2. The molecular formula is C11H15NO2. The highest BCUT2D eigenvalue weighted by Gasteiger charge is 2.30. The van der Waals surface area contributed by atoms with Crippen LogP contribution in [0.25, 0.3) is 0 Å². The van der Waals surface area contributed by atoms with Crippen molar-refractivity contribution in [2.45, 2.75) is 38.5 Å². The van der Waals surface area contributed by atoms with Gasteiger partial charge in [0.05, 0.1) is 0 Å². The van der Waals surface area contributed by atoms with E-state index in [2.05, 4.69) is 18.8 Å². The summed E-state index contributed by atoms with van der Waals surface area (Å²) < 4.78 is 0. The molecule has 1 fully saturated rings. The molecule has 0 atom stereocenters. The van der Waals surface area contributed by atoms with Gasteiger partial charge in [-0.05, 0) is 36.3 Å². The third kappa shape index (κ3) is 1.54. The first-order chi connectivity index (χ1) is 6.59. The van der Waals surface area contributed by atoms with Crippen LogP contribution in [-0.2, 0) is 0 Å². The van der Waals surface area contributed by atoms with Crippen molar-refractivity contribution in [3.63, 3.8) is 0 Å². The van der Waals surface area contributed by atoms with Gasteiger partial charge >= 0.3 is 5.97 Å². The lowest BCUT2D eigenvalue weighted by Gasteiger charge is -1.98. The molecule has 3 nitrogen and oxygen atoms in total. The summed E-state index contributed by atoms with van der Waals surface area (Å²) in [7, 11) is 0. The topological polar surface area (TPSA) is 53.1 Å². The monoisotopic (exact) mass is 193 g/mol. The fraction of sp³-hybridized carbons (Fsp3) is 0.545. The lowest BCUT2D eigenvalue weighted by Crippen LogP contribution is -2.00. The number of nitrogens with one attached hydrogen (secondary N) is 1. The van der Waals surface area contributed by atoms with Crippen molar-refractivity contribution in [2.24, 2.45) is 0 Å². The molecule has 1 aliphatic rings. The molecule has 1 heterocycles. The minimum atomic E-state index is -0.834. The quantitative estimate of drug-likeness (QED) is 0.775. The second-order valence-corrected chi connectivity index (χ2v) is 4.29. The normalized spacial score (nSPS) is 16.2. The molecule has 3 heteroatoms. The maximum atomic E-state index is 11.0. The van der Waals surface area contributed by atoms with Gasteiger partial charge in [0, 0.05) is 5.69 Å². The molecule has 0 radical (unpaired) electrons. The van der Waals surface area contributed by atoms with Crippen molar-refractivity contribution in [1.82, 2.24) is 4.98 Å². The molecule has 1 aromatic heterocycles. The zero-order valence-electron chi connectivity index (χ0n) is 8.50. The number of carboxylic acid groups (broad SMARTS) is 1. The number of aromatic nitrogens is 1. The molecule has 14 heavy (non-hydrogen) atoms. The lowest BCUT2D eigenvalue weighted by atomic mass is 10.1. The summed E-state index contributed by atoms with van der Waals surface area (Å²) in [5.41, 5.74) is 2.43. The van der Waals surface area contributed by atoms with Crippen molar-refractivity contribution in [1.29, 1.82) is 0 Å². The summed E-state index contributed by atoms with van der Waals surface area (Å²) in [6.07, 6.45) is 2.27. The zero-order chi connectivity index (χ0) is 10.3. The minimum Gasteiger partial charge on any atom is -0.477 e. The maximum absolute atomic E-state index is 11.0. The largest absolute Gasteiger partial charge is 0.477 e. The average molecular weight is 193 g/mol. The third-order valence-electron chi connectivity index (χ3n) is 2.72. The predicted molar refractivity (Wildman–Crippen MR) is 53.8 cm³/mol. The summed E-state index contributed by atoms with van der Waals surface area (Å²) in [6.45, 7) is 4.13. The van der Waals surface area contributed by atoms with Crippen LogP contribution in [0.3, 0.4) is 0 Å². The van der Waals surface area contributed by atoms with Crippen molar-refractivity contribution < 1.29 is 9.90 Å². The first-order valence-corrected chi connectivity index (χ1v) is 5.05. The summed E-state index contributed by atoms with van der Waals surface area (Å²) in [6, 6.07) is 2.02. The van der Waals surface area contributed by atoms with E-state index in [4.69, 9.17) is 5.11 Å². The van der Waals surface area contributed by atoms with Gasteiger partial charge in [-0.3, -0.25) is 0 Å². The fourth-order valence-electron chi connectivity index (χ4n) is 1.70. The summed E-state index contributed by atoms with van der Waals surface area (Å²) in [5, 5.41) is 9.01. The zero-order valence-corrected chi connectivity index (χ0v) is 8.50. The Balaban J connectivity index is 2.40. The van der Waals surface area contributed by atoms with Crippen LogP contribution in [0.4, 0.5) is 0 Å². The standard InChI is InChI=1S/C11H15NO2/c1-6(2)9-5-8(7-3-4-7)10(12-9)11(13)14/h5-7,12H,3-4H2,1-2H3,(H,13,14). The van der Waals surface area contributed by atoms with Crippen LogP contribution in [-0.4, -0.2) is 16.1 Å². The predicted octanol–water partition coefficient (Wildman–Crippen LogP) is 2.71. The van der Waals surface area contributed by atoms with Gasteiger partial charge in [0.15, 0.2) is 0 Å². The van der Waals surface area contributed by atoms with Crippen LogP contribution in [0, 0.1) is 0 Å². The highest BCUT2D eigenvalue weighted by atomic mass is 16.4. The Morgan fingerprint density at radius 3 is 2.64 bits per heavy atom.